The van der Waals surface area contributed by atoms with Crippen LogP contribution in [0.5, 0.6) is 0 Å². The summed E-state index contributed by atoms with van der Waals surface area (Å²) in [7, 11) is 0. The number of rotatable bonds is 3. The maximum atomic E-state index is 5.19. The van der Waals surface area contributed by atoms with Gasteiger partial charge in [0, 0.05) is 23.1 Å². The molecule has 0 saturated carbocycles. The number of pyridine rings is 1. The van der Waals surface area contributed by atoms with Crippen LogP contribution in [0.25, 0.3) is 0 Å². The Morgan fingerprint density at radius 1 is 1.69 bits per heavy atom. The van der Waals surface area contributed by atoms with Gasteiger partial charge in [0.25, 0.3) is 0 Å². The molecule has 0 bridgehead atoms. The first-order valence-corrected chi connectivity index (χ1v) is 4.83. The van der Waals surface area contributed by atoms with Crippen molar-refractivity contribution in [3.63, 3.8) is 0 Å². The third-order valence-electron chi connectivity index (χ3n) is 1.55. The number of aromatic nitrogens is 1. The van der Waals surface area contributed by atoms with Crippen LogP contribution in [0.1, 0.15) is 13.3 Å². The number of hydrogen-bond acceptors (Lipinski definition) is 2. The third-order valence-corrected chi connectivity index (χ3v) is 2.01. The second kappa shape index (κ2) is 4.88. The zero-order valence-corrected chi connectivity index (χ0v) is 9.01. The summed E-state index contributed by atoms with van der Waals surface area (Å²) in [6, 6.07) is 4.12. The Labute approximate surface area is 86.9 Å². The van der Waals surface area contributed by atoms with Gasteiger partial charge in [0.1, 0.15) is 5.82 Å². The molecule has 2 nitrogen and oxygen atoms in total. The lowest BCUT2D eigenvalue weighted by Gasteiger charge is -2.10. The van der Waals surface area contributed by atoms with Crippen LogP contribution in [-0.2, 0) is 0 Å². The SMILES string of the molecule is C#CCC(C)Nc1ccc(Br)cn1. The number of anilines is 1. The van der Waals surface area contributed by atoms with E-state index in [1.54, 1.807) is 6.20 Å². The monoisotopic (exact) mass is 238 g/mol. The van der Waals surface area contributed by atoms with Crippen LogP contribution >= 0.6 is 15.9 Å². The lowest BCUT2D eigenvalue weighted by molar-refractivity contribution is 0.821. The van der Waals surface area contributed by atoms with Crippen LogP contribution < -0.4 is 5.32 Å². The normalized spacial score (nSPS) is 11.8. The van der Waals surface area contributed by atoms with Crippen LogP contribution in [-0.4, -0.2) is 11.0 Å². The van der Waals surface area contributed by atoms with Crippen molar-refractivity contribution in [2.45, 2.75) is 19.4 Å². The molecule has 0 fully saturated rings. The van der Waals surface area contributed by atoms with E-state index in [9.17, 15) is 0 Å². The smallest absolute Gasteiger partial charge is 0.126 e. The largest absolute Gasteiger partial charge is 0.367 e. The molecule has 0 radical (unpaired) electrons. The summed E-state index contributed by atoms with van der Waals surface area (Å²) in [6.07, 6.45) is 7.65. The van der Waals surface area contributed by atoms with Gasteiger partial charge in [0.2, 0.25) is 0 Å². The number of nitrogens with zero attached hydrogens (tertiary/aromatic N) is 1. The minimum Gasteiger partial charge on any atom is -0.367 e. The number of nitrogens with one attached hydrogen (secondary N) is 1. The highest BCUT2D eigenvalue weighted by atomic mass is 79.9. The van der Waals surface area contributed by atoms with E-state index in [0.717, 1.165) is 10.3 Å². The highest BCUT2D eigenvalue weighted by Gasteiger charge is 1.99. The van der Waals surface area contributed by atoms with E-state index < -0.39 is 0 Å². The van der Waals surface area contributed by atoms with E-state index in [4.69, 9.17) is 6.42 Å². The van der Waals surface area contributed by atoms with Crippen molar-refractivity contribution >= 4 is 21.7 Å². The maximum absolute atomic E-state index is 5.19. The molecule has 1 aromatic rings. The minimum absolute atomic E-state index is 0.263. The average Bonchev–Trinajstić information content (AvgIpc) is 2.09. The van der Waals surface area contributed by atoms with Gasteiger partial charge in [-0.3, -0.25) is 0 Å². The second-order valence-electron chi connectivity index (χ2n) is 2.82. The number of hydrogen-bond donors (Lipinski definition) is 1. The molecule has 13 heavy (non-hydrogen) atoms. The van der Waals surface area contributed by atoms with E-state index in [1.165, 1.54) is 0 Å². The van der Waals surface area contributed by atoms with Crippen molar-refractivity contribution in [1.82, 2.24) is 4.98 Å². The zero-order chi connectivity index (χ0) is 9.68. The summed E-state index contributed by atoms with van der Waals surface area (Å²) in [6.45, 7) is 2.03. The number of terminal acetylenes is 1. The van der Waals surface area contributed by atoms with E-state index in [-0.39, 0.29) is 6.04 Å². The molecule has 0 saturated heterocycles. The quantitative estimate of drug-likeness (QED) is 0.820. The van der Waals surface area contributed by atoms with E-state index in [2.05, 4.69) is 32.2 Å². The van der Waals surface area contributed by atoms with Gasteiger partial charge in [-0.05, 0) is 35.0 Å². The van der Waals surface area contributed by atoms with Crippen LogP contribution in [0, 0.1) is 12.3 Å². The van der Waals surface area contributed by atoms with Crippen molar-refractivity contribution in [2.24, 2.45) is 0 Å². The van der Waals surface area contributed by atoms with E-state index >= 15 is 0 Å². The van der Waals surface area contributed by atoms with Crippen molar-refractivity contribution in [3.05, 3.63) is 22.8 Å². The fourth-order valence-corrected chi connectivity index (χ4v) is 1.18. The highest BCUT2D eigenvalue weighted by molar-refractivity contribution is 9.10. The molecular weight excluding hydrogens is 228 g/mol. The Morgan fingerprint density at radius 2 is 2.46 bits per heavy atom. The van der Waals surface area contributed by atoms with Crippen LogP contribution in [0.15, 0.2) is 22.8 Å². The van der Waals surface area contributed by atoms with E-state index in [1.807, 2.05) is 19.1 Å². The lowest BCUT2D eigenvalue weighted by atomic mass is 10.2. The van der Waals surface area contributed by atoms with Gasteiger partial charge >= 0.3 is 0 Å². The molecule has 1 aromatic heterocycles. The summed E-state index contributed by atoms with van der Waals surface area (Å²) in [4.78, 5) is 4.17. The van der Waals surface area contributed by atoms with Gasteiger partial charge in [-0.15, -0.1) is 12.3 Å². The summed E-state index contributed by atoms with van der Waals surface area (Å²) >= 11 is 3.32. The van der Waals surface area contributed by atoms with Gasteiger partial charge in [-0.1, -0.05) is 0 Å². The van der Waals surface area contributed by atoms with Crippen LogP contribution in [0.4, 0.5) is 5.82 Å². The first-order chi connectivity index (χ1) is 6.22. The molecule has 1 unspecified atom stereocenters. The standard InChI is InChI=1S/C10H11BrN2/c1-3-4-8(2)13-10-6-5-9(11)7-12-10/h1,5-8H,4H2,2H3,(H,12,13). The molecule has 68 valence electrons. The Kier molecular flexibility index (Phi) is 3.78. The number of halogens is 1. The lowest BCUT2D eigenvalue weighted by Crippen LogP contribution is -2.14. The molecular formula is C10H11BrN2. The highest BCUT2D eigenvalue weighted by Crippen LogP contribution is 2.11. The molecule has 0 aliphatic rings. The van der Waals surface area contributed by atoms with Crippen molar-refractivity contribution in [1.29, 1.82) is 0 Å². The fraction of sp³-hybridized carbons (Fsp3) is 0.300. The van der Waals surface area contributed by atoms with Gasteiger partial charge in [-0.25, -0.2) is 4.98 Å². The van der Waals surface area contributed by atoms with E-state index in [0.29, 0.717) is 6.42 Å². The molecule has 0 aliphatic carbocycles. The molecule has 0 aromatic carbocycles. The van der Waals surface area contributed by atoms with Gasteiger partial charge < -0.3 is 5.32 Å². The Balaban J connectivity index is 2.55. The summed E-state index contributed by atoms with van der Waals surface area (Å²) < 4.78 is 0.975. The fourth-order valence-electron chi connectivity index (χ4n) is 0.941. The molecule has 0 spiro atoms. The minimum atomic E-state index is 0.263. The molecule has 1 N–H and O–H groups in total. The van der Waals surface area contributed by atoms with Gasteiger partial charge in [0.05, 0.1) is 0 Å². The van der Waals surface area contributed by atoms with Crippen molar-refractivity contribution in [3.8, 4) is 12.3 Å². The third kappa shape index (κ3) is 3.47. The maximum Gasteiger partial charge on any atom is 0.126 e. The Morgan fingerprint density at radius 3 is 3.00 bits per heavy atom. The molecule has 1 atom stereocenters. The predicted octanol–water partition coefficient (Wildman–Crippen LogP) is 2.67. The van der Waals surface area contributed by atoms with Crippen molar-refractivity contribution < 1.29 is 0 Å². The van der Waals surface area contributed by atoms with Gasteiger partial charge in [-0.2, -0.15) is 0 Å². The molecule has 0 aliphatic heterocycles. The summed E-state index contributed by atoms with van der Waals surface area (Å²) in [5.41, 5.74) is 0. The Hall–Kier alpha value is -1.01. The van der Waals surface area contributed by atoms with Crippen LogP contribution in [0.3, 0.4) is 0 Å². The zero-order valence-electron chi connectivity index (χ0n) is 7.42. The first kappa shape index (κ1) is 10.1. The molecule has 3 heteroatoms. The summed E-state index contributed by atoms with van der Waals surface area (Å²) in [5.74, 6) is 3.45. The topological polar surface area (TPSA) is 24.9 Å². The molecule has 1 rings (SSSR count). The van der Waals surface area contributed by atoms with Crippen molar-refractivity contribution in [2.75, 3.05) is 5.32 Å². The molecule has 1 heterocycles. The predicted molar refractivity (Wildman–Crippen MR) is 58.5 cm³/mol. The van der Waals surface area contributed by atoms with Crippen LogP contribution in [0.2, 0.25) is 0 Å². The second-order valence-corrected chi connectivity index (χ2v) is 3.73. The average molecular weight is 239 g/mol. The van der Waals surface area contributed by atoms with Gasteiger partial charge in [0.15, 0.2) is 0 Å². The Bertz CT molecular complexity index is 300. The first-order valence-electron chi connectivity index (χ1n) is 4.04. The molecule has 0 amide bonds. The summed E-state index contributed by atoms with van der Waals surface area (Å²) in [5, 5.41) is 3.20.